The van der Waals surface area contributed by atoms with Gasteiger partial charge in [-0.05, 0) is 25.3 Å². The third kappa shape index (κ3) is 6.34. The molecule has 7 heteroatoms. The number of amides is 2. The zero-order valence-electron chi connectivity index (χ0n) is 16.2. The number of thiazole rings is 1. The molecule has 0 unspecified atom stereocenters. The van der Waals surface area contributed by atoms with Crippen LogP contribution in [0.15, 0.2) is 35.7 Å². The van der Waals surface area contributed by atoms with Crippen LogP contribution in [0.1, 0.15) is 35.5 Å². The molecule has 1 N–H and O–H groups in total. The van der Waals surface area contributed by atoms with E-state index in [1.165, 1.54) is 0 Å². The van der Waals surface area contributed by atoms with E-state index in [0.29, 0.717) is 26.1 Å². The number of carbonyl (C=O) groups excluding carboxylic acids is 2. The van der Waals surface area contributed by atoms with Gasteiger partial charge in [0.2, 0.25) is 11.8 Å². The number of thioether (sulfide) groups is 1. The Kier molecular flexibility index (Phi) is 7.91. The highest BCUT2D eigenvalue weighted by Crippen LogP contribution is 2.20. The Hall–Kier alpha value is -1.86. The van der Waals surface area contributed by atoms with Crippen LogP contribution >= 0.6 is 23.1 Å². The summed E-state index contributed by atoms with van der Waals surface area (Å²) in [5.74, 6) is 1.99. The molecule has 1 fully saturated rings. The summed E-state index contributed by atoms with van der Waals surface area (Å²) in [5.41, 5.74) is 2.20. The summed E-state index contributed by atoms with van der Waals surface area (Å²) in [6.07, 6.45) is 2.05. The molecule has 1 saturated heterocycles. The van der Waals surface area contributed by atoms with E-state index in [0.717, 1.165) is 40.6 Å². The van der Waals surface area contributed by atoms with E-state index in [1.54, 1.807) is 23.1 Å². The van der Waals surface area contributed by atoms with E-state index in [9.17, 15) is 9.59 Å². The summed E-state index contributed by atoms with van der Waals surface area (Å²) in [4.78, 5) is 31.1. The van der Waals surface area contributed by atoms with Gasteiger partial charge >= 0.3 is 0 Å². The lowest BCUT2D eigenvalue weighted by molar-refractivity contribution is -0.135. The van der Waals surface area contributed by atoms with Crippen LogP contribution in [0, 0.1) is 12.8 Å². The molecule has 0 saturated carbocycles. The predicted molar refractivity (Wildman–Crippen MR) is 115 cm³/mol. The molecular weight excluding hydrogens is 390 g/mol. The molecule has 0 radical (unpaired) electrons. The average molecular weight is 418 g/mol. The molecule has 3 rings (SSSR count). The SMILES string of the molecule is Cc1nc(CSCCC(=O)N2CCC(C(=O)NCc3ccccc3)CC2)cs1. The first-order valence-electron chi connectivity index (χ1n) is 9.70. The largest absolute Gasteiger partial charge is 0.352 e. The Morgan fingerprint density at radius 1 is 1.25 bits per heavy atom. The summed E-state index contributed by atoms with van der Waals surface area (Å²) in [5, 5.41) is 6.19. The Morgan fingerprint density at radius 2 is 2.00 bits per heavy atom. The van der Waals surface area contributed by atoms with E-state index in [2.05, 4.69) is 15.7 Å². The van der Waals surface area contributed by atoms with Crippen LogP contribution in [0.25, 0.3) is 0 Å². The number of nitrogens with one attached hydrogen (secondary N) is 1. The zero-order chi connectivity index (χ0) is 19.8. The van der Waals surface area contributed by atoms with Crippen molar-refractivity contribution in [2.24, 2.45) is 5.92 Å². The van der Waals surface area contributed by atoms with Gasteiger partial charge in [-0.1, -0.05) is 30.3 Å². The minimum absolute atomic E-state index is 0.00930. The normalized spacial score (nSPS) is 14.8. The lowest BCUT2D eigenvalue weighted by atomic mass is 9.95. The van der Waals surface area contributed by atoms with Gasteiger partial charge in [0.1, 0.15) is 0 Å². The van der Waals surface area contributed by atoms with Crippen LogP contribution in [-0.2, 0) is 21.9 Å². The number of hydrogen-bond donors (Lipinski definition) is 1. The fourth-order valence-electron chi connectivity index (χ4n) is 3.29. The van der Waals surface area contributed by atoms with Gasteiger partial charge in [-0.25, -0.2) is 4.98 Å². The second-order valence-corrected chi connectivity index (χ2v) is 9.19. The van der Waals surface area contributed by atoms with Crippen LogP contribution in [0.2, 0.25) is 0 Å². The molecule has 1 aromatic heterocycles. The molecule has 0 aliphatic carbocycles. The Balaban J connectivity index is 1.31. The van der Waals surface area contributed by atoms with Gasteiger partial charge in [-0.2, -0.15) is 11.8 Å². The summed E-state index contributed by atoms with van der Waals surface area (Å²) in [6, 6.07) is 9.93. The highest BCUT2D eigenvalue weighted by Gasteiger charge is 2.26. The number of aromatic nitrogens is 1. The average Bonchev–Trinajstić information content (AvgIpc) is 3.15. The molecule has 2 aromatic rings. The molecule has 0 atom stereocenters. The van der Waals surface area contributed by atoms with Crippen molar-refractivity contribution in [1.29, 1.82) is 0 Å². The second kappa shape index (κ2) is 10.6. The van der Waals surface area contributed by atoms with Crippen molar-refractivity contribution in [2.75, 3.05) is 18.8 Å². The molecule has 1 aliphatic rings. The van der Waals surface area contributed by atoms with Gasteiger partial charge < -0.3 is 10.2 Å². The second-order valence-electron chi connectivity index (χ2n) is 7.02. The van der Waals surface area contributed by atoms with Gasteiger partial charge in [0, 0.05) is 48.9 Å². The van der Waals surface area contributed by atoms with E-state index in [4.69, 9.17) is 0 Å². The van der Waals surface area contributed by atoms with Gasteiger partial charge in [-0.15, -0.1) is 11.3 Å². The topological polar surface area (TPSA) is 62.3 Å². The van der Waals surface area contributed by atoms with Gasteiger partial charge in [0.05, 0.1) is 10.7 Å². The summed E-state index contributed by atoms with van der Waals surface area (Å²) >= 11 is 3.42. The Morgan fingerprint density at radius 3 is 2.68 bits per heavy atom. The maximum absolute atomic E-state index is 12.4. The van der Waals surface area contributed by atoms with Crippen LogP contribution in [0.4, 0.5) is 0 Å². The smallest absolute Gasteiger partial charge is 0.223 e. The third-order valence-corrected chi connectivity index (χ3v) is 6.72. The van der Waals surface area contributed by atoms with Gasteiger partial charge in [0.15, 0.2) is 0 Å². The monoisotopic (exact) mass is 417 g/mol. The summed E-state index contributed by atoms with van der Waals surface area (Å²) in [7, 11) is 0. The standard InChI is InChI=1S/C21H27N3O2S2/c1-16-23-19(15-28-16)14-27-12-9-20(25)24-10-7-18(8-11-24)21(26)22-13-17-5-3-2-4-6-17/h2-6,15,18H,7-14H2,1H3,(H,22,26). The number of benzene rings is 1. The predicted octanol–water partition coefficient (Wildman–Crippen LogP) is 3.63. The maximum atomic E-state index is 12.4. The quantitative estimate of drug-likeness (QED) is 0.666. The van der Waals surface area contributed by atoms with E-state index in [1.807, 2.05) is 42.2 Å². The Labute approximate surface area is 174 Å². The highest BCUT2D eigenvalue weighted by molar-refractivity contribution is 7.98. The number of nitrogens with zero attached hydrogens (tertiary/aromatic N) is 2. The number of carbonyl (C=O) groups is 2. The van der Waals surface area contributed by atoms with Crippen LogP contribution in [-0.4, -0.2) is 40.5 Å². The molecule has 2 heterocycles. The van der Waals surface area contributed by atoms with Crippen molar-refractivity contribution < 1.29 is 9.59 Å². The molecule has 2 amide bonds. The van der Waals surface area contributed by atoms with Crippen molar-refractivity contribution in [2.45, 2.75) is 38.5 Å². The molecule has 150 valence electrons. The van der Waals surface area contributed by atoms with E-state index >= 15 is 0 Å². The number of likely N-dealkylation sites (tertiary alicyclic amines) is 1. The first-order valence-corrected chi connectivity index (χ1v) is 11.7. The first kappa shape index (κ1) is 20.9. The molecular formula is C21H27N3O2S2. The van der Waals surface area contributed by atoms with E-state index in [-0.39, 0.29) is 17.7 Å². The van der Waals surface area contributed by atoms with Crippen molar-refractivity contribution in [3.63, 3.8) is 0 Å². The molecule has 5 nitrogen and oxygen atoms in total. The van der Waals surface area contributed by atoms with Gasteiger partial charge in [0.25, 0.3) is 0 Å². The fourth-order valence-corrected chi connectivity index (χ4v) is 4.83. The Bertz CT molecular complexity index is 771. The number of hydrogen-bond acceptors (Lipinski definition) is 5. The number of piperidine rings is 1. The van der Waals surface area contributed by atoms with Crippen LogP contribution < -0.4 is 5.32 Å². The maximum Gasteiger partial charge on any atom is 0.223 e. The van der Waals surface area contributed by atoms with Gasteiger partial charge in [-0.3, -0.25) is 9.59 Å². The van der Waals surface area contributed by atoms with Crippen LogP contribution in [0.3, 0.4) is 0 Å². The van der Waals surface area contributed by atoms with Crippen molar-refractivity contribution >= 4 is 34.9 Å². The minimum atomic E-state index is 0.00930. The minimum Gasteiger partial charge on any atom is -0.352 e. The lowest BCUT2D eigenvalue weighted by Crippen LogP contribution is -2.43. The molecule has 0 bridgehead atoms. The number of aryl methyl sites for hydroxylation is 1. The third-order valence-electron chi connectivity index (χ3n) is 4.90. The molecule has 0 spiro atoms. The lowest BCUT2D eigenvalue weighted by Gasteiger charge is -2.31. The fraction of sp³-hybridized carbons (Fsp3) is 0.476. The first-order chi connectivity index (χ1) is 13.6. The highest BCUT2D eigenvalue weighted by atomic mass is 32.2. The molecule has 28 heavy (non-hydrogen) atoms. The van der Waals surface area contributed by atoms with Crippen molar-refractivity contribution in [1.82, 2.24) is 15.2 Å². The molecule has 1 aromatic carbocycles. The number of rotatable bonds is 8. The van der Waals surface area contributed by atoms with Crippen molar-refractivity contribution in [3.05, 3.63) is 52.0 Å². The summed E-state index contributed by atoms with van der Waals surface area (Å²) < 4.78 is 0. The van der Waals surface area contributed by atoms with Crippen LogP contribution in [0.5, 0.6) is 0 Å². The van der Waals surface area contributed by atoms with E-state index < -0.39 is 0 Å². The zero-order valence-corrected chi connectivity index (χ0v) is 17.9. The van der Waals surface area contributed by atoms with Crippen molar-refractivity contribution in [3.8, 4) is 0 Å². The summed E-state index contributed by atoms with van der Waals surface area (Å²) in [6.45, 7) is 3.93. The molecule has 1 aliphatic heterocycles.